The van der Waals surface area contributed by atoms with Gasteiger partial charge in [0.25, 0.3) is 5.56 Å². The molecule has 3 aromatic rings. The first kappa shape index (κ1) is 26.2. The number of nitrogen functional groups attached to an aromatic ring is 1. The Morgan fingerprint density at radius 1 is 1.18 bits per heavy atom. The predicted octanol–water partition coefficient (Wildman–Crippen LogP) is 5.46. The number of aliphatic imine (C=N–C) groups is 1. The highest BCUT2D eigenvalue weighted by Crippen LogP contribution is 2.26. The average Bonchev–Trinajstić information content (AvgIpc) is 2.78. The number of hydrogen-bond donors (Lipinski definition) is 2. The van der Waals surface area contributed by atoms with Gasteiger partial charge in [-0.25, -0.2) is 9.98 Å². The molecule has 176 valence electrons. The van der Waals surface area contributed by atoms with Crippen LogP contribution in [0.4, 0.5) is 11.4 Å². The van der Waals surface area contributed by atoms with Gasteiger partial charge in [0.1, 0.15) is 16.7 Å². The van der Waals surface area contributed by atoms with Crippen LogP contribution in [0.25, 0.3) is 0 Å². The van der Waals surface area contributed by atoms with Crippen molar-refractivity contribution in [2.24, 2.45) is 4.99 Å². The monoisotopic (exact) mass is 489 g/mol. The molecule has 0 fully saturated rings. The van der Waals surface area contributed by atoms with Crippen LogP contribution in [-0.2, 0) is 6.61 Å². The number of halogens is 2. The first-order valence-corrected chi connectivity index (χ1v) is 11.1. The molecule has 0 saturated carbocycles. The molecule has 0 radical (unpaired) electrons. The molecule has 9 heteroatoms. The fraction of sp³-hybridized carbons (Fsp3) is 0.292. The summed E-state index contributed by atoms with van der Waals surface area (Å²) in [5.41, 5.74) is 10.4. The lowest BCUT2D eigenvalue weighted by Gasteiger charge is -2.10. The molecule has 1 aromatic carbocycles. The average molecular weight is 490 g/mol. The second kappa shape index (κ2) is 12.3. The lowest BCUT2D eigenvalue weighted by molar-refractivity contribution is 0.293. The van der Waals surface area contributed by atoms with Crippen molar-refractivity contribution < 1.29 is 4.74 Å². The minimum Gasteiger partial charge on any atom is -0.472 e. The molecule has 0 unspecified atom stereocenters. The molecule has 0 aliphatic rings. The van der Waals surface area contributed by atoms with E-state index < -0.39 is 0 Å². The van der Waals surface area contributed by atoms with E-state index in [4.69, 9.17) is 33.7 Å². The molecule has 2 aromatic heterocycles. The molecule has 3 rings (SSSR count). The predicted molar refractivity (Wildman–Crippen MR) is 137 cm³/mol. The molecule has 2 heterocycles. The van der Waals surface area contributed by atoms with Gasteiger partial charge in [-0.05, 0) is 51.0 Å². The van der Waals surface area contributed by atoms with E-state index in [1.807, 2.05) is 57.0 Å². The second-order valence-electron chi connectivity index (χ2n) is 7.44. The molecular formula is C24H29Cl2N5O2. The van der Waals surface area contributed by atoms with Gasteiger partial charge in [-0.15, -0.1) is 0 Å². The SMILES string of the molecule is CCN(C)C=Nc1cc(Cl)c(=O)[nH]c1C.Cc1ccccc1COc1nc(C)c(N)cc1Cl. The summed E-state index contributed by atoms with van der Waals surface area (Å²) < 4.78 is 5.64. The van der Waals surface area contributed by atoms with E-state index >= 15 is 0 Å². The van der Waals surface area contributed by atoms with Gasteiger partial charge in [0.2, 0.25) is 5.88 Å². The zero-order valence-corrected chi connectivity index (χ0v) is 21.0. The Morgan fingerprint density at radius 3 is 2.55 bits per heavy atom. The van der Waals surface area contributed by atoms with Crippen molar-refractivity contribution in [1.29, 1.82) is 0 Å². The highest BCUT2D eigenvalue weighted by atomic mass is 35.5. The van der Waals surface area contributed by atoms with Crippen LogP contribution in [-0.4, -0.2) is 34.8 Å². The number of ether oxygens (including phenoxy) is 1. The first-order valence-electron chi connectivity index (χ1n) is 10.4. The highest BCUT2D eigenvalue weighted by Gasteiger charge is 2.08. The number of aryl methyl sites for hydroxylation is 3. The molecule has 0 atom stereocenters. The van der Waals surface area contributed by atoms with Crippen LogP contribution in [0.2, 0.25) is 10.0 Å². The van der Waals surface area contributed by atoms with Gasteiger partial charge in [-0.3, -0.25) is 4.79 Å². The molecule has 0 spiro atoms. The van der Waals surface area contributed by atoms with Crippen molar-refractivity contribution in [2.75, 3.05) is 19.3 Å². The lowest BCUT2D eigenvalue weighted by atomic mass is 10.1. The van der Waals surface area contributed by atoms with Gasteiger partial charge in [0, 0.05) is 19.3 Å². The summed E-state index contributed by atoms with van der Waals surface area (Å²) in [5, 5.41) is 0.596. The maximum atomic E-state index is 11.1. The lowest BCUT2D eigenvalue weighted by Crippen LogP contribution is -2.14. The number of H-pyrrole nitrogens is 1. The number of benzene rings is 1. The van der Waals surface area contributed by atoms with Gasteiger partial charge >= 0.3 is 0 Å². The summed E-state index contributed by atoms with van der Waals surface area (Å²) in [6.45, 7) is 9.01. The summed E-state index contributed by atoms with van der Waals surface area (Å²) >= 11 is 11.7. The Labute approximate surface area is 204 Å². The summed E-state index contributed by atoms with van der Waals surface area (Å²) in [7, 11) is 1.92. The van der Waals surface area contributed by atoms with Crippen LogP contribution in [0.1, 0.15) is 29.4 Å². The largest absolute Gasteiger partial charge is 0.472 e. The van der Waals surface area contributed by atoms with Gasteiger partial charge in [0.15, 0.2) is 0 Å². The third kappa shape index (κ3) is 7.80. The Kier molecular flexibility index (Phi) is 9.75. The van der Waals surface area contributed by atoms with Crippen LogP contribution in [0.5, 0.6) is 5.88 Å². The number of aromatic nitrogens is 2. The third-order valence-corrected chi connectivity index (χ3v) is 5.41. The number of nitrogens with two attached hydrogens (primary N) is 1. The molecule has 33 heavy (non-hydrogen) atoms. The molecule has 0 saturated heterocycles. The van der Waals surface area contributed by atoms with Crippen molar-refractivity contribution >= 4 is 40.9 Å². The maximum Gasteiger partial charge on any atom is 0.267 e. The van der Waals surface area contributed by atoms with Crippen molar-refractivity contribution in [1.82, 2.24) is 14.9 Å². The zero-order chi connectivity index (χ0) is 24.5. The molecule has 0 aliphatic carbocycles. The number of nitrogens with one attached hydrogen (secondary N) is 1. The van der Waals surface area contributed by atoms with Crippen molar-refractivity contribution in [3.8, 4) is 5.88 Å². The second-order valence-corrected chi connectivity index (χ2v) is 8.25. The topological polar surface area (TPSA) is 96.6 Å². The van der Waals surface area contributed by atoms with E-state index in [0.717, 1.165) is 17.8 Å². The molecule has 7 nitrogen and oxygen atoms in total. The summed E-state index contributed by atoms with van der Waals surface area (Å²) in [5.74, 6) is 0.423. The quantitative estimate of drug-likeness (QED) is 0.353. The van der Waals surface area contributed by atoms with Crippen molar-refractivity contribution in [3.05, 3.63) is 79.3 Å². The highest BCUT2D eigenvalue weighted by molar-refractivity contribution is 6.32. The van der Waals surface area contributed by atoms with Crippen molar-refractivity contribution in [3.63, 3.8) is 0 Å². The van der Waals surface area contributed by atoms with Crippen molar-refractivity contribution in [2.45, 2.75) is 34.3 Å². The molecular weight excluding hydrogens is 461 g/mol. The summed E-state index contributed by atoms with van der Waals surface area (Å²) in [6.07, 6.45) is 1.71. The van der Waals surface area contributed by atoms with E-state index in [2.05, 4.69) is 15.0 Å². The number of pyridine rings is 2. The summed E-state index contributed by atoms with van der Waals surface area (Å²) in [4.78, 5) is 24.2. The smallest absolute Gasteiger partial charge is 0.267 e. The zero-order valence-electron chi connectivity index (χ0n) is 19.4. The minimum absolute atomic E-state index is 0.159. The first-order chi connectivity index (χ1) is 15.6. The Morgan fingerprint density at radius 2 is 1.88 bits per heavy atom. The molecule has 0 aliphatic heterocycles. The van der Waals surface area contributed by atoms with Gasteiger partial charge in [-0.2, -0.15) is 0 Å². The molecule has 0 amide bonds. The van der Waals surface area contributed by atoms with E-state index in [1.54, 1.807) is 25.4 Å². The van der Waals surface area contributed by atoms with Crippen LogP contribution >= 0.6 is 23.2 Å². The Bertz CT molecular complexity index is 1180. The standard InChI is InChI=1S/C14H15ClN2O.C10H14ClN3O/c1-9-5-3-4-6-11(9)8-18-14-12(15)7-13(16)10(2)17-14;1-4-14(3)6-12-9-5-8(11)10(15)13-7(9)2/h3-7H,8,16H2,1-2H3;5-6H,4H2,1-3H3,(H,13,15). The minimum atomic E-state index is -0.281. The fourth-order valence-electron chi connectivity index (χ4n) is 2.56. The molecule has 0 bridgehead atoms. The summed E-state index contributed by atoms with van der Waals surface area (Å²) in [6, 6.07) is 11.3. The maximum absolute atomic E-state index is 11.1. The van der Waals surface area contributed by atoms with Crippen LogP contribution in [0.15, 0.2) is 46.2 Å². The van der Waals surface area contributed by atoms with E-state index in [-0.39, 0.29) is 10.6 Å². The number of aromatic amines is 1. The Balaban J connectivity index is 0.000000238. The van der Waals surface area contributed by atoms with E-state index in [1.165, 1.54) is 5.56 Å². The fourth-order valence-corrected chi connectivity index (χ4v) is 2.92. The van der Waals surface area contributed by atoms with E-state index in [0.29, 0.717) is 34.6 Å². The van der Waals surface area contributed by atoms with E-state index in [9.17, 15) is 4.79 Å². The number of rotatable bonds is 6. The van der Waals surface area contributed by atoms with Gasteiger partial charge < -0.3 is 20.4 Å². The Hall–Kier alpha value is -3.03. The van der Waals surface area contributed by atoms with Gasteiger partial charge in [0.05, 0.1) is 23.4 Å². The molecule has 3 N–H and O–H groups in total. The number of nitrogens with zero attached hydrogens (tertiary/aromatic N) is 3. The third-order valence-electron chi connectivity index (χ3n) is 4.86. The van der Waals surface area contributed by atoms with Crippen LogP contribution in [0, 0.1) is 20.8 Å². The number of hydrogen-bond acceptors (Lipinski definition) is 5. The van der Waals surface area contributed by atoms with Crippen LogP contribution < -0.4 is 16.0 Å². The normalized spacial score (nSPS) is 10.6. The van der Waals surface area contributed by atoms with Crippen LogP contribution in [0.3, 0.4) is 0 Å². The van der Waals surface area contributed by atoms with Gasteiger partial charge in [-0.1, -0.05) is 47.5 Å². The number of anilines is 1.